The molecule has 0 spiro atoms. The molecule has 4 nitrogen and oxygen atoms in total. The topological polar surface area (TPSA) is 60.9 Å². The molecule has 0 saturated heterocycles. The Bertz CT molecular complexity index is 328. The lowest BCUT2D eigenvalue weighted by atomic mass is 10.1. The first-order valence-electron chi connectivity index (χ1n) is 4.27. The largest absolute Gasteiger partial charge is 0.324 e. The summed E-state index contributed by atoms with van der Waals surface area (Å²) in [6, 6.07) is 0. The van der Waals surface area contributed by atoms with E-state index in [9.17, 15) is 4.79 Å². The van der Waals surface area contributed by atoms with Crippen molar-refractivity contribution in [3.8, 4) is 0 Å². The first-order chi connectivity index (χ1) is 6.06. The molecule has 1 aromatic rings. The van der Waals surface area contributed by atoms with Crippen LogP contribution in [0.5, 0.6) is 0 Å². The molecule has 2 N–H and O–H groups in total. The van der Waals surface area contributed by atoms with Gasteiger partial charge in [-0.25, -0.2) is 0 Å². The number of aryl methyl sites for hydroxylation is 2. The molecule has 13 heavy (non-hydrogen) atoms. The predicted molar refractivity (Wildman–Crippen MR) is 50.4 cm³/mol. The van der Waals surface area contributed by atoms with Crippen LogP contribution in [0.25, 0.3) is 0 Å². The summed E-state index contributed by atoms with van der Waals surface area (Å²) in [5, 5.41) is 4.22. The summed E-state index contributed by atoms with van der Waals surface area (Å²) in [7, 11) is 1.87. The number of ketones is 1. The van der Waals surface area contributed by atoms with Gasteiger partial charge < -0.3 is 5.73 Å². The van der Waals surface area contributed by atoms with Crippen molar-refractivity contribution in [1.29, 1.82) is 0 Å². The highest BCUT2D eigenvalue weighted by Crippen LogP contribution is 2.12. The van der Waals surface area contributed by atoms with Crippen LogP contribution in [0.4, 0.5) is 0 Å². The molecule has 1 rings (SSSR count). The van der Waals surface area contributed by atoms with Crippen molar-refractivity contribution in [2.45, 2.75) is 20.3 Å². The van der Waals surface area contributed by atoms with Gasteiger partial charge in [0.15, 0.2) is 5.78 Å². The summed E-state index contributed by atoms with van der Waals surface area (Å²) < 4.78 is 1.79. The van der Waals surface area contributed by atoms with E-state index in [4.69, 9.17) is 5.73 Å². The average Bonchev–Trinajstić information content (AvgIpc) is 2.32. The van der Waals surface area contributed by atoms with Gasteiger partial charge in [-0.1, -0.05) is 0 Å². The zero-order valence-corrected chi connectivity index (χ0v) is 8.29. The van der Waals surface area contributed by atoms with E-state index < -0.39 is 0 Å². The lowest BCUT2D eigenvalue weighted by Gasteiger charge is -1.99. The fourth-order valence-electron chi connectivity index (χ4n) is 1.34. The third kappa shape index (κ3) is 1.95. The molecule has 4 heteroatoms. The van der Waals surface area contributed by atoms with Gasteiger partial charge in [-0.3, -0.25) is 9.48 Å². The Labute approximate surface area is 77.7 Å². The first kappa shape index (κ1) is 9.92. The van der Waals surface area contributed by atoms with Gasteiger partial charge in [0.1, 0.15) is 0 Å². The highest BCUT2D eigenvalue weighted by molar-refractivity contribution is 5.83. The number of hydrogen-bond acceptors (Lipinski definition) is 3. The maximum Gasteiger partial charge on any atom is 0.150 e. The van der Waals surface area contributed by atoms with Crippen LogP contribution in [0.2, 0.25) is 0 Å². The van der Waals surface area contributed by atoms with Crippen LogP contribution in [0.1, 0.15) is 17.0 Å². The van der Waals surface area contributed by atoms with Crippen molar-refractivity contribution in [2.75, 3.05) is 6.54 Å². The van der Waals surface area contributed by atoms with E-state index in [1.165, 1.54) is 0 Å². The molecule has 1 heterocycles. The summed E-state index contributed by atoms with van der Waals surface area (Å²) in [4.78, 5) is 11.1. The van der Waals surface area contributed by atoms with Crippen molar-refractivity contribution >= 4 is 5.78 Å². The third-order valence-electron chi connectivity index (χ3n) is 2.26. The van der Waals surface area contributed by atoms with Crippen molar-refractivity contribution in [3.63, 3.8) is 0 Å². The monoisotopic (exact) mass is 181 g/mol. The molecule has 0 aromatic carbocycles. The first-order valence-corrected chi connectivity index (χ1v) is 4.27. The van der Waals surface area contributed by atoms with Gasteiger partial charge in [0, 0.05) is 24.7 Å². The van der Waals surface area contributed by atoms with Crippen molar-refractivity contribution < 1.29 is 4.79 Å². The summed E-state index contributed by atoms with van der Waals surface area (Å²) in [5.41, 5.74) is 8.22. The van der Waals surface area contributed by atoms with E-state index in [0.29, 0.717) is 6.42 Å². The van der Waals surface area contributed by atoms with E-state index in [1.54, 1.807) is 4.68 Å². The second-order valence-electron chi connectivity index (χ2n) is 3.19. The molecule has 0 amide bonds. The molecule has 0 aliphatic rings. The van der Waals surface area contributed by atoms with Gasteiger partial charge in [0.25, 0.3) is 0 Å². The number of aromatic nitrogens is 2. The summed E-state index contributed by atoms with van der Waals surface area (Å²) in [6.07, 6.45) is 0.405. The van der Waals surface area contributed by atoms with Gasteiger partial charge in [-0.2, -0.15) is 5.10 Å². The van der Waals surface area contributed by atoms with Crippen molar-refractivity contribution in [2.24, 2.45) is 12.8 Å². The Hall–Kier alpha value is -1.16. The van der Waals surface area contributed by atoms with Crippen LogP contribution in [0.15, 0.2) is 0 Å². The molecule has 0 unspecified atom stereocenters. The summed E-state index contributed by atoms with van der Waals surface area (Å²) in [5.74, 6) is 0.0548. The Kier molecular flexibility index (Phi) is 2.83. The fraction of sp³-hybridized carbons (Fsp3) is 0.556. The Morgan fingerprint density at radius 1 is 1.54 bits per heavy atom. The molecule has 72 valence electrons. The van der Waals surface area contributed by atoms with Gasteiger partial charge >= 0.3 is 0 Å². The quantitative estimate of drug-likeness (QED) is 0.719. The maximum atomic E-state index is 11.1. The van der Waals surface area contributed by atoms with E-state index in [-0.39, 0.29) is 12.3 Å². The molecule has 0 radical (unpaired) electrons. The molecule has 1 aromatic heterocycles. The number of Topliss-reactive ketones (excluding diaryl/α,β-unsaturated/α-hetero) is 1. The van der Waals surface area contributed by atoms with Gasteiger partial charge in [0.05, 0.1) is 12.2 Å². The predicted octanol–water partition coefficient (Wildman–Crippen LogP) is 0.107. The van der Waals surface area contributed by atoms with Crippen LogP contribution in [0.3, 0.4) is 0 Å². The zero-order valence-electron chi connectivity index (χ0n) is 8.29. The third-order valence-corrected chi connectivity index (χ3v) is 2.26. The molecule has 0 fully saturated rings. The van der Waals surface area contributed by atoms with Crippen LogP contribution in [-0.2, 0) is 18.3 Å². The van der Waals surface area contributed by atoms with E-state index in [0.717, 1.165) is 17.0 Å². The van der Waals surface area contributed by atoms with Gasteiger partial charge in [0.2, 0.25) is 0 Å². The number of rotatable bonds is 3. The van der Waals surface area contributed by atoms with Gasteiger partial charge in [-0.05, 0) is 13.8 Å². The lowest BCUT2D eigenvalue weighted by molar-refractivity contribution is -0.117. The minimum absolute atomic E-state index is 0.0548. The average molecular weight is 181 g/mol. The second-order valence-corrected chi connectivity index (χ2v) is 3.19. The molecule has 0 bridgehead atoms. The minimum atomic E-state index is 0.0548. The van der Waals surface area contributed by atoms with Crippen LogP contribution < -0.4 is 5.73 Å². The van der Waals surface area contributed by atoms with E-state index >= 15 is 0 Å². The summed E-state index contributed by atoms with van der Waals surface area (Å²) in [6.45, 7) is 3.97. The van der Waals surface area contributed by atoms with E-state index in [1.807, 2.05) is 20.9 Å². The molecule has 0 aliphatic heterocycles. The van der Waals surface area contributed by atoms with Gasteiger partial charge in [-0.15, -0.1) is 0 Å². The lowest BCUT2D eigenvalue weighted by Crippen LogP contribution is -2.16. The Balaban J connectivity index is 2.94. The zero-order chi connectivity index (χ0) is 10.0. The Morgan fingerprint density at radius 2 is 2.15 bits per heavy atom. The van der Waals surface area contributed by atoms with Crippen molar-refractivity contribution in [3.05, 3.63) is 17.0 Å². The van der Waals surface area contributed by atoms with Crippen molar-refractivity contribution in [1.82, 2.24) is 9.78 Å². The number of hydrogen-bond donors (Lipinski definition) is 1. The normalized spacial score (nSPS) is 10.5. The molecule has 0 saturated carbocycles. The fourth-order valence-corrected chi connectivity index (χ4v) is 1.34. The highest BCUT2D eigenvalue weighted by Gasteiger charge is 2.11. The maximum absolute atomic E-state index is 11.1. The van der Waals surface area contributed by atoms with E-state index in [2.05, 4.69) is 5.10 Å². The smallest absolute Gasteiger partial charge is 0.150 e. The number of nitrogens with two attached hydrogens (primary N) is 1. The van der Waals surface area contributed by atoms with Crippen LogP contribution in [-0.4, -0.2) is 22.1 Å². The Morgan fingerprint density at radius 3 is 2.54 bits per heavy atom. The van der Waals surface area contributed by atoms with Crippen LogP contribution >= 0.6 is 0 Å². The number of nitrogens with zero attached hydrogens (tertiary/aromatic N) is 2. The standard InChI is InChI=1S/C9H15N3O/c1-6-9(4-8(13)5-10)7(2)12(3)11-6/h4-5,10H2,1-3H3. The molecule has 0 aliphatic carbocycles. The number of carbonyl (C=O) groups excluding carboxylic acids is 1. The highest BCUT2D eigenvalue weighted by atomic mass is 16.1. The minimum Gasteiger partial charge on any atom is -0.324 e. The molecular weight excluding hydrogens is 166 g/mol. The summed E-state index contributed by atoms with van der Waals surface area (Å²) >= 11 is 0. The second kappa shape index (κ2) is 3.70. The molecular formula is C9H15N3O. The molecule has 0 atom stereocenters. The number of carbonyl (C=O) groups is 1. The SMILES string of the molecule is Cc1nn(C)c(C)c1CC(=O)CN. The van der Waals surface area contributed by atoms with Crippen LogP contribution in [0, 0.1) is 13.8 Å².